The van der Waals surface area contributed by atoms with E-state index in [9.17, 15) is 0 Å². The zero-order valence-corrected chi connectivity index (χ0v) is 11.5. The van der Waals surface area contributed by atoms with Gasteiger partial charge < -0.3 is 4.42 Å². The van der Waals surface area contributed by atoms with E-state index in [1.54, 1.807) is 0 Å². The molecule has 0 amide bonds. The SMILES string of the molecule is C[C@@H]1CCCCN1Cc1ncc(C(C)(C)C)o1. The molecule has 0 bridgehead atoms. The first-order valence-corrected chi connectivity index (χ1v) is 6.66. The van der Waals surface area contributed by atoms with Gasteiger partial charge in [-0.15, -0.1) is 0 Å². The average molecular weight is 236 g/mol. The van der Waals surface area contributed by atoms with Crippen LogP contribution in [0.3, 0.4) is 0 Å². The van der Waals surface area contributed by atoms with Gasteiger partial charge in [-0.25, -0.2) is 4.98 Å². The fraction of sp³-hybridized carbons (Fsp3) is 0.786. The number of oxazole rings is 1. The van der Waals surface area contributed by atoms with E-state index >= 15 is 0 Å². The van der Waals surface area contributed by atoms with Gasteiger partial charge in [0.25, 0.3) is 0 Å². The van der Waals surface area contributed by atoms with Crippen molar-refractivity contribution in [1.82, 2.24) is 9.88 Å². The number of rotatable bonds is 2. The van der Waals surface area contributed by atoms with Crippen molar-refractivity contribution < 1.29 is 4.42 Å². The molecule has 0 unspecified atom stereocenters. The monoisotopic (exact) mass is 236 g/mol. The second-order valence-electron chi connectivity index (χ2n) is 6.18. The minimum atomic E-state index is 0.0543. The zero-order valence-electron chi connectivity index (χ0n) is 11.5. The topological polar surface area (TPSA) is 29.3 Å². The lowest BCUT2D eigenvalue weighted by Gasteiger charge is -2.32. The zero-order chi connectivity index (χ0) is 12.5. The molecule has 0 aromatic carbocycles. The van der Waals surface area contributed by atoms with Gasteiger partial charge >= 0.3 is 0 Å². The predicted octanol–water partition coefficient (Wildman–Crippen LogP) is 3.35. The minimum absolute atomic E-state index is 0.0543. The highest BCUT2D eigenvalue weighted by molar-refractivity contribution is 5.06. The molecular weight excluding hydrogens is 212 g/mol. The maximum Gasteiger partial charge on any atom is 0.208 e. The van der Waals surface area contributed by atoms with Crippen molar-refractivity contribution in [2.24, 2.45) is 0 Å². The van der Waals surface area contributed by atoms with E-state index in [1.165, 1.54) is 25.8 Å². The molecule has 2 heterocycles. The van der Waals surface area contributed by atoms with E-state index in [2.05, 4.69) is 37.6 Å². The standard InChI is InChI=1S/C14H24N2O/c1-11-7-5-6-8-16(11)10-13-15-9-12(17-13)14(2,3)4/h9,11H,5-8,10H2,1-4H3/t11-/m1/s1. The van der Waals surface area contributed by atoms with E-state index in [-0.39, 0.29) is 5.41 Å². The predicted molar refractivity (Wildman–Crippen MR) is 68.9 cm³/mol. The molecule has 2 rings (SSSR count). The van der Waals surface area contributed by atoms with Crippen LogP contribution in [-0.4, -0.2) is 22.5 Å². The van der Waals surface area contributed by atoms with E-state index in [1.807, 2.05) is 6.20 Å². The Morgan fingerprint density at radius 3 is 2.76 bits per heavy atom. The van der Waals surface area contributed by atoms with Crippen molar-refractivity contribution in [3.05, 3.63) is 17.8 Å². The number of aromatic nitrogens is 1. The van der Waals surface area contributed by atoms with Crippen molar-refractivity contribution in [2.45, 2.75) is 65.0 Å². The van der Waals surface area contributed by atoms with E-state index in [4.69, 9.17) is 4.42 Å². The molecule has 1 aromatic rings. The van der Waals surface area contributed by atoms with Crippen LogP contribution in [0.15, 0.2) is 10.6 Å². The Hall–Kier alpha value is -0.830. The minimum Gasteiger partial charge on any atom is -0.444 e. The van der Waals surface area contributed by atoms with Gasteiger partial charge in [0, 0.05) is 11.5 Å². The summed E-state index contributed by atoms with van der Waals surface area (Å²) in [6, 6.07) is 0.661. The molecule has 0 aliphatic carbocycles. The molecule has 96 valence electrons. The summed E-state index contributed by atoms with van der Waals surface area (Å²) in [6.07, 6.45) is 5.84. The van der Waals surface area contributed by atoms with Crippen LogP contribution in [0, 0.1) is 0 Å². The molecule has 1 aromatic heterocycles. The summed E-state index contributed by atoms with van der Waals surface area (Å²) in [5.41, 5.74) is 0.0543. The summed E-state index contributed by atoms with van der Waals surface area (Å²) in [7, 11) is 0. The lowest BCUT2D eigenvalue weighted by molar-refractivity contribution is 0.137. The lowest BCUT2D eigenvalue weighted by atomic mass is 9.94. The Morgan fingerprint density at radius 2 is 2.18 bits per heavy atom. The molecule has 1 atom stereocenters. The van der Waals surface area contributed by atoms with Crippen LogP contribution in [0.4, 0.5) is 0 Å². The third-order valence-electron chi connectivity index (χ3n) is 3.57. The van der Waals surface area contributed by atoms with Crippen LogP contribution in [0.25, 0.3) is 0 Å². The van der Waals surface area contributed by atoms with Gasteiger partial charge in [0.1, 0.15) is 5.76 Å². The van der Waals surface area contributed by atoms with Gasteiger partial charge in [-0.2, -0.15) is 0 Å². The maximum absolute atomic E-state index is 5.85. The smallest absolute Gasteiger partial charge is 0.208 e. The molecule has 3 nitrogen and oxygen atoms in total. The van der Waals surface area contributed by atoms with Crippen LogP contribution in [0.1, 0.15) is 58.6 Å². The Bertz CT molecular complexity index is 365. The molecule has 1 fully saturated rings. The van der Waals surface area contributed by atoms with Crippen LogP contribution < -0.4 is 0 Å². The first-order chi connectivity index (χ1) is 7.97. The molecule has 0 N–H and O–H groups in total. The second kappa shape index (κ2) is 4.81. The van der Waals surface area contributed by atoms with Crippen LogP contribution >= 0.6 is 0 Å². The second-order valence-corrected chi connectivity index (χ2v) is 6.18. The first-order valence-electron chi connectivity index (χ1n) is 6.66. The molecule has 3 heteroatoms. The number of nitrogens with zero attached hydrogens (tertiary/aromatic N) is 2. The van der Waals surface area contributed by atoms with Crippen molar-refractivity contribution in [2.75, 3.05) is 6.54 Å². The first kappa shape index (κ1) is 12.6. The van der Waals surface area contributed by atoms with E-state index in [0.29, 0.717) is 6.04 Å². The molecule has 0 spiro atoms. The fourth-order valence-corrected chi connectivity index (χ4v) is 2.30. The van der Waals surface area contributed by atoms with Gasteiger partial charge in [-0.3, -0.25) is 4.90 Å². The lowest BCUT2D eigenvalue weighted by Crippen LogP contribution is -2.36. The van der Waals surface area contributed by atoms with Crippen molar-refractivity contribution in [3.8, 4) is 0 Å². The van der Waals surface area contributed by atoms with E-state index < -0.39 is 0 Å². The van der Waals surface area contributed by atoms with Crippen molar-refractivity contribution in [3.63, 3.8) is 0 Å². The van der Waals surface area contributed by atoms with Gasteiger partial charge in [0.15, 0.2) is 0 Å². The highest BCUT2D eigenvalue weighted by atomic mass is 16.4. The van der Waals surface area contributed by atoms with Crippen molar-refractivity contribution >= 4 is 0 Å². The van der Waals surface area contributed by atoms with Gasteiger partial charge in [0.2, 0.25) is 5.89 Å². The molecule has 0 radical (unpaired) electrons. The normalized spacial score (nSPS) is 22.9. The Labute approximate surface area is 104 Å². The summed E-state index contributed by atoms with van der Waals surface area (Å²) < 4.78 is 5.85. The Kier molecular flexibility index (Phi) is 3.57. The quantitative estimate of drug-likeness (QED) is 0.788. The van der Waals surface area contributed by atoms with Gasteiger partial charge in [0.05, 0.1) is 12.7 Å². The van der Waals surface area contributed by atoms with Crippen LogP contribution in [0.5, 0.6) is 0 Å². The molecule has 0 saturated carbocycles. The third kappa shape index (κ3) is 3.09. The van der Waals surface area contributed by atoms with Crippen molar-refractivity contribution in [1.29, 1.82) is 0 Å². The molecule has 1 aliphatic rings. The fourth-order valence-electron chi connectivity index (χ4n) is 2.30. The summed E-state index contributed by atoms with van der Waals surface area (Å²) in [5, 5.41) is 0. The van der Waals surface area contributed by atoms with Crippen LogP contribution in [-0.2, 0) is 12.0 Å². The summed E-state index contributed by atoms with van der Waals surface area (Å²) >= 11 is 0. The molecule has 1 aliphatic heterocycles. The summed E-state index contributed by atoms with van der Waals surface area (Å²) in [6.45, 7) is 10.8. The van der Waals surface area contributed by atoms with Crippen LogP contribution in [0.2, 0.25) is 0 Å². The summed E-state index contributed by atoms with van der Waals surface area (Å²) in [5.74, 6) is 1.85. The highest BCUT2D eigenvalue weighted by Crippen LogP contribution is 2.24. The number of piperidine rings is 1. The Balaban J connectivity index is 2.01. The van der Waals surface area contributed by atoms with Gasteiger partial charge in [-0.1, -0.05) is 27.2 Å². The molecule has 17 heavy (non-hydrogen) atoms. The average Bonchev–Trinajstić information content (AvgIpc) is 2.69. The number of hydrogen-bond donors (Lipinski definition) is 0. The number of likely N-dealkylation sites (tertiary alicyclic amines) is 1. The highest BCUT2D eigenvalue weighted by Gasteiger charge is 2.22. The van der Waals surface area contributed by atoms with Gasteiger partial charge in [-0.05, 0) is 26.3 Å². The largest absolute Gasteiger partial charge is 0.444 e. The maximum atomic E-state index is 5.85. The number of hydrogen-bond acceptors (Lipinski definition) is 3. The third-order valence-corrected chi connectivity index (χ3v) is 3.57. The summed E-state index contributed by atoms with van der Waals surface area (Å²) in [4.78, 5) is 6.88. The molecular formula is C14H24N2O. The molecule has 1 saturated heterocycles. The Morgan fingerprint density at radius 1 is 1.41 bits per heavy atom. The van der Waals surface area contributed by atoms with E-state index in [0.717, 1.165) is 18.2 Å².